The van der Waals surface area contributed by atoms with Gasteiger partial charge in [-0.15, -0.1) is 0 Å². The van der Waals surface area contributed by atoms with Gasteiger partial charge in [0.1, 0.15) is 24.4 Å². The van der Waals surface area contributed by atoms with Gasteiger partial charge in [0.2, 0.25) is 5.56 Å². The Labute approximate surface area is 191 Å². The summed E-state index contributed by atoms with van der Waals surface area (Å²) < 4.78 is 28.9. The monoisotopic (exact) mass is 467 g/mol. The van der Waals surface area contributed by atoms with E-state index in [2.05, 4.69) is 10.3 Å². The molecule has 2 N–H and O–H groups in total. The third-order valence-corrected chi connectivity index (χ3v) is 6.25. The van der Waals surface area contributed by atoms with Crippen LogP contribution in [0.5, 0.6) is 0 Å². The van der Waals surface area contributed by atoms with Gasteiger partial charge in [-0.25, -0.2) is 8.78 Å². The van der Waals surface area contributed by atoms with Crippen LogP contribution in [0.2, 0.25) is 5.02 Å². The Bertz CT molecular complexity index is 1420. The number of aromatic nitrogens is 1. The van der Waals surface area contributed by atoms with Gasteiger partial charge in [0.25, 0.3) is 5.91 Å². The molecule has 5 rings (SSSR count). The van der Waals surface area contributed by atoms with Gasteiger partial charge in [-0.2, -0.15) is 5.26 Å². The van der Waals surface area contributed by atoms with Crippen molar-refractivity contribution in [2.75, 3.05) is 23.0 Å². The van der Waals surface area contributed by atoms with E-state index in [9.17, 15) is 23.6 Å². The van der Waals surface area contributed by atoms with Gasteiger partial charge in [-0.1, -0.05) is 11.6 Å². The first-order valence-electron chi connectivity index (χ1n) is 10.1. The molecule has 1 aromatic heterocycles. The molecule has 0 radical (unpaired) electrons. The summed E-state index contributed by atoms with van der Waals surface area (Å²) in [5, 5.41) is 12.5. The van der Waals surface area contributed by atoms with Crippen LogP contribution in [-0.4, -0.2) is 24.1 Å². The maximum Gasteiger partial charge on any atom is 0.262 e. The lowest BCUT2D eigenvalue weighted by atomic mass is 10.0. The average molecular weight is 468 g/mol. The highest BCUT2D eigenvalue weighted by Crippen LogP contribution is 2.41. The largest absolute Gasteiger partial charge is 0.324 e. The number of carbonyl (C=O) groups is 1. The van der Waals surface area contributed by atoms with Crippen molar-refractivity contribution in [3.05, 3.63) is 85.8 Å². The van der Waals surface area contributed by atoms with Crippen LogP contribution in [0.4, 0.5) is 25.8 Å². The first-order valence-corrected chi connectivity index (χ1v) is 10.5. The second-order valence-electron chi connectivity index (χ2n) is 7.74. The number of rotatable bonds is 0. The molecule has 2 aliphatic rings. The van der Waals surface area contributed by atoms with Crippen molar-refractivity contribution < 1.29 is 13.6 Å². The Balaban J connectivity index is 1.81. The van der Waals surface area contributed by atoms with Crippen LogP contribution >= 0.6 is 11.6 Å². The van der Waals surface area contributed by atoms with Gasteiger partial charge in [-0.3, -0.25) is 14.5 Å². The number of H-pyrrole nitrogens is 1. The van der Waals surface area contributed by atoms with Crippen LogP contribution in [0.15, 0.2) is 41.2 Å². The zero-order valence-electron chi connectivity index (χ0n) is 17.1. The van der Waals surface area contributed by atoms with Gasteiger partial charge in [-0.05, 0) is 30.3 Å². The molecule has 0 atom stereocenters. The molecule has 0 saturated heterocycles. The van der Waals surface area contributed by atoms with E-state index in [1.165, 1.54) is 29.2 Å². The Hall–Kier alpha value is -3.74. The van der Waals surface area contributed by atoms with Crippen molar-refractivity contribution in [1.29, 1.82) is 5.26 Å². The van der Waals surface area contributed by atoms with Crippen molar-refractivity contribution in [1.82, 2.24) is 10.3 Å². The SMILES string of the molecule is N#Cc1cc2c(cc1F)C(=O)N1CN2c2ccc(F)c(Cl)c2CNCCc2[nH]c(=O)ccc21. The van der Waals surface area contributed by atoms with Crippen LogP contribution in [-0.2, 0) is 13.0 Å². The normalized spacial score (nSPS) is 15.2. The first kappa shape index (κ1) is 21.1. The number of anilines is 3. The number of hydrogen-bond donors (Lipinski definition) is 2. The maximum absolute atomic E-state index is 14.5. The van der Waals surface area contributed by atoms with Crippen LogP contribution < -0.4 is 20.7 Å². The second kappa shape index (κ2) is 7.99. The Morgan fingerprint density at radius 2 is 1.79 bits per heavy atom. The lowest BCUT2D eigenvalue weighted by Gasteiger charge is -2.39. The van der Waals surface area contributed by atoms with E-state index in [-0.39, 0.29) is 34.9 Å². The molecule has 1 amide bonds. The van der Waals surface area contributed by atoms with Crippen molar-refractivity contribution in [3.8, 4) is 6.07 Å². The van der Waals surface area contributed by atoms with Crippen LogP contribution in [0.25, 0.3) is 0 Å². The number of halogens is 3. The number of hydrogen-bond acceptors (Lipinski definition) is 5. The molecule has 33 heavy (non-hydrogen) atoms. The number of carbonyl (C=O) groups excluding carboxylic acids is 1. The molecule has 0 unspecified atom stereocenters. The molecule has 3 heterocycles. The van der Waals surface area contributed by atoms with Crippen molar-refractivity contribution in [2.45, 2.75) is 13.0 Å². The second-order valence-corrected chi connectivity index (χ2v) is 8.11. The van der Waals surface area contributed by atoms with Gasteiger partial charge < -0.3 is 15.2 Å². The van der Waals surface area contributed by atoms with Gasteiger partial charge in [0.05, 0.1) is 27.5 Å². The number of fused-ring (bicyclic) bond motifs is 8. The minimum atomic E-state index is -0.823. The summed E-state index contributed by atoms with van der Waals surface area (Å²) in [5.41, 5.74) is 1.78. The number of benzene rings is 2. The van der Waals surface area contributed by atoms with Crippen molar-refractivity contribution in [3.63, 3.8) is 0 Å². The molecule has 7 nitrogen and oxygen atoms in total. The summed E-state index contributed by atoms with van der Waals surface area (Å²) in [6, 6.07) is 9.76. The highest BCUT2D eigenvalue weighted by molar-refractivity contribution is 6.32. The van der Waals surface area contributed by atoms with E-state index in [0.717, 1.165) is 6.07 Å². The van der Waals surface area contributed by atoms with Crippen LogP contribution in [0.3, 0.4) is 0 Å². The van der Waals surface area contributed by atoms with E-state index in [1.54, 1.807) is 17.0 Å². The van der Waals surface area contributed by atoms with Crippen LogP contribution in [0, 0.1) is 23.0 Å². The lowest BCUT2D eigenvalue weighted by molar-refractivity contribution is 0.0982. The predicted molar refractivity (Wildman–Crippen MR) is 119 cm³/mol. The maximum atomic E-state index is 14.5. The Morgan fingerprint density at radius 3 is 2.58 bits per heavy atom. The van der Waals surface area contributed by atoms with E-state index in [4.69, 9.17) is 11.6 Å². The zero-order valence-corrected chi connectivity index (χ0v) is 17.8. The minimum absolute atomic E-state index is 0.0175. The molecule has 0 fully saturated rings. The van der Waals surface area contributed by atoms with Crippen LogP contribution in [0.1, 0.15) is 27.2 Å². The quantitative estimate of drug-likeness (QED) is 0.527. The Kier molecular flexibility index (Phi) is 5.12. The lowest BCUT2D eigenvalue weighted by Crippen LogP contribution is -2.46. The standard InChI is InChI=1S/C23H16ClF2N5O2/c24-22-14-10-28-6-5-17-19(3-4-21(32)29-17)31-11-30(18(14)2-1-15(22)25)20-7-12(9-27)16(26)8-13(20)23(31)33/h1-4,7-8,28H,5-6,10-11H2,(H,29,32). The van der Waals surface area contributed by atoms with E-state index < -0.39 is 17.5 Å². The fourth-order valence-electron chi connectivity index (χ4n) is 4.24. The number of aromatic amines is 1. The minimum Gasteiger partial charge on any atom is -0.324 e. The highest BCUT2D eigenvalue weighted by Gasteiger charge is 2.35. The summed E-state index contributed by atoms with van der Waals surface area (Å²) >= 11 is 6.32. The molecule has 3 aromatic rings. The number of nitriles is 1. The average Bonchev–Trinajstić information content (AvgIpc) is 2.82. The summed E-state index contributed by atoms with van der Waals surface area (Å²) in [6.07, 6.45) is 0.381. The molecule has 10 heteroatoms. The fourth-order valence-corrected chi connectivity index (χ4v) is 4.47. The summed E-state index contributed by atoms with van der Waals surface area (Å²) in [6.45, 7) is 0.613. The molecular weight excluding hydrogens is 452 g/mol. The van der Waals surface area contributed by atoms with Crippen molar-refractivity contribution >= 4 is 34.6 Å². The summed E-state index contributed by atoms with van der Waals surface area (Å²) in [5.74, 6) is -1.90. The summed E-state index contributed by atoms with van der Waals surface area (Å²) in [7, 11) is 0. The predicted octanol–water partition coefficient (Wildman–Crippen LogP) is 3.58. The molecule has 2 bridgehead atoms. The van der Waals surface area contributed by atoms with E-state index in [0.29, 0.717) is 41.3 Å². The number of nitrogens with one attached hydrogen (secondary N) is 2. The fraction of sp³-hybridized carbons (Fsp3) is 0.174. The topological polar surface area (TPSA) is 92.2 Å². The summed E-state index contributed by atoms with van der Waals surface area (Å²) in [4.78, 5) is 31.3. The third-order valence-electron chi connectivity index (χ3n) is 5.84. The Morgan fingerprint density at radius 1 is 1.00 bits per heavy atom. The number of nitrogens with zero attached hydrogens (tertiary/aromatic N) is 3. The molecular formula is C23H16ClF2N5O2. The molecule has 2 aliphatic heterocycles. The number of amides is 1. The van der Waals surface area contributed by atoms with E-state index in [1.807, 2.05) is 0 Å². The molecule has 0 saturated carbocycles. The number of pyridine rings is 1. The molecule has 0 aliphatic carbocycles. The van der Waals surface area contributed by atoms with Gasteiger partial charge in [0.15, 0.2) is 0 Å². The third kappa shape index (κ3) is 3.44. The molecule has 0 spiro atoms. The molecule has 2 aromatic carbocycles. The van der Waals surface area contributed by atoms with Crippen molar-refractivity contribution in [2.24, 2.45) is 0 Å². The molecule has 166 valence electrons. The van der Waals surface area contributed by atoms with Gasteiger partial charge in [0, 0.05) is 42.5 Å². The zero-order chi connectivity index (χ0) is 23.3. The van der Waals surface area contributed by atoms with E-state index >= 15 is 0 Å². The highest BCUT2D eigenvalue weighted by atomic mass is 35.5. The smallest absolute Gasteiger partial charge is 0.262 e. The first-order chi connectivity index (χ1) is 15.9. The van der Waals surface area contributed by atoms with Gasteiger partial charge >= 0.3 is 0 Å².